The number of nitrogens with one attached hydrogen (secondary N) is 1. The fraction of sp³-hybridized carbons (Fsp3) is 0.767. The van der Waals surface area contributed by atoms with Gasteiger partial charge in [-0.3, -0.25) is 4.79 Å². The number of anilines is 1. The largest absolute Gasteiger partial charge is 0.325 e. The molecule has 33 heavy (non-hydrogen) atoms. The van der Waals surface area contributed by atoms with Gasteiger partial charge >= 0.3 is 0 Å². The number of para-hydroxylation sites is 1. The van der Waals surface area contributed by atoms with Gasteiger partial charge in [-0.05, 0) is 35.1 Å². The van der Waals surface area contributed by atoms with Crippen LogP contribution in [0.15, 0.2) is 18.2 Å². The highest BCUT2D eigenvalue weighted by atomic mass is 32.2. The van der Waals surface area contributed by atoms with Gasteiger partial charge in [0.15, 0.2) is 0 Å². The van der Waals surface area contributed by atoms with Crippen molar-refractivity contribution in [3.8, 4) is 0 Å². The molecule has 0 saturated carbocycles. The lowest BCUT2D eigenvalue weighted by molar-refractivity contribution is -0.113. The maximum absolute atomic E-state index is 12.6. The molecule has 0 bridgehead atoms. The Labute approximate surface area is 210 Å². The zero-order chi connectivity index (χ0) is 24.3. The van der Waals surface area contributed by atoms with Crippen LogP contribution >= 0.6 is 11.8 Å². The maximum Gasteiger partial charge on any atom is 0.234 e. The second-order valence-corrected chi connectivity index (χ2v) is 11.4. The van der Waals surface area contributed by atoms with E-state index in [9.17, 15) is 4.79 Å². The van der Waals surface area contributed by atoms with Crippen molar-refractivity contribution in [2.24, 2.45) is 0 Å². The summed E-state index contributed by atoms with van der Waals surface area (Å²) >= 11 is 1.78. The maximum atomic E-state index is 12.6. The lowest BCUT2D eigenvalue weighted by Gasteiger charge is -2.20. The summed E-state index contributed by atoms with van der Waals surface area (Å²) < 4.78 is 0. The fourth-order valence-corrected chi connectivity index (χ4v) is 5.24. The molecule has 0 spiro atoms. The summed E-state index contributed by atoms with van der Waals surface area (Å²) in [5.74, 6) is 2.60. The van der Waals surface area contributed by atoms with Crippen molar-refractivity contribution in [1.29, 1.82) is 0 Å². The molecule has 1 aromatic rings. The highest BCUT2D eigenvalue weighted by Crippen LogP contribution is 2.32. The number of benzene rings is 1. The SMILES string of the molecule is CCCCCCCCCCCCCCCCSCC(=O)Nc1c(C(C)C)cccc1C(C)C. The Morgan fingerprint density at radius 1 is 0.727 bits per heavy atom. The molecule has 0 aromatic heterocycles. The quantitative estimate of drug-likeness (QED) is 0.190. The van der Waals surface area contributed by atoms with Crippen LogP contribution in [0.4, 0.5) is 5.69 Å². The first-order chi connectivity index (χ1) is 16.0. The molecule has 0 saturated heterocycles. The summed E-state index contributed by atoms with van der Waals surface area (Å²) in [7, 11) is 0. The van der Waals surface area contributed by atoms with E-state index in [1.165, 1.54) is 101 Å². The average molecular weight is 476 g/mol. The van der Waals surface area contributed by atoms with Gasteiger partial charge in [-0.15, -0.1) is 0 Å². The van der Waals surface area contributed by atoms with E-state index >= 15 is 0 Å². The Hall–Kier alpha value is -0.960. The molecule has 0 aliphatic heterocycles. The summed E-state index contributed by atoms with van der Waals surface area (Å²) in [4.78, 5) is 12.6. The number of carbonyl (C=O) groups is 1. The minimum absolute atomic E-state index is 0.139. The Balaban J connectivity index is 2.06. The number of hydrogen-bond acceptors (Lipinski definition) is 2. The molecule has 1 N–H and O–H groups in total. The Morgan fingerprint density at radius 3 is 1.58 bits per heavy atom. The molecule has 3 heteroatoms. The highest BCUT2D eigenvalue weighted by molar-refractivity contribution is 7.99. The zero-order valence-corrected chi connectivity index (χ0v) is 23.3. The monoisotopic (exact) mass is 475 g/mol. The molecule has 1 amide bonds. The first-order valence-electron chi connectivity index (χ1n) is 14.0. The van der Waals surface area contributed by atoms with Gasteiger partial charge in [-0.2, -0.15) is 11.8 Å². The summed E-state index contributed by atoms with van der Waals surface area (Å²) in [6, 6.07) is 6.41. The number of unbranched alkanes of at least 4 members (excludes halogenated alkanes) is 13. The van der Waals surface area contributed by atoms with Gasteiger partial charge in [0.05, 0.1) is 5.75 Å². The van der Waals surface area contributed by atoms with Crippen molar-refractivity contribution < 1.29 is 4.79 Å². The smallest absolute Gasteiger partial charge is 0.234 e. The molecule has 190 valence electrons. The van der Waals surface area contributed by atoms with Crippen molar-refractivity contribution in [3.63, 3.8) is 0 Å². The van der Waals surface area contributed by atoms with Crippen LogP contribution in [0.5, 0.6) is 0 Å². The van der Waals surface area contributed by atoms with E-state index in [1.54, 1.807) is 11.8 Å². The molecule has 1 rings (SSSR count). The Kier molecular flexibility index (Phi) is 17.6. The van der Waals surface area contributed by atoms with E-state index in [1.807, 2.05) is 0 Å². The average Bonchev–Trinajstić information content (AvgIpc) is 2.78. The number of carbonyl (C=O) groups excluding carboxylic acids is 1. The topological polar surface area (TPSA) is 29.1 Å². The first kappa shape index (κ1) is 30.1. The molecular formula is C30H53NOS. The molecule has 1 aromatic carbocycles. The van der Waals surface area contributed by atoms with Crippen LogP contribution in [0.3, 0.4) is 0 Å². The second kappa shape index (κ2) is 19.4. The van der Waals surface area contributed by atoms with Gasteiger partial charge in [-0.25, -0.2) is 0 Å². The lowest BCUT2D eigenvalue weighted by Crippen LogP contribution is -2.18. The van der Waals surface area contributed by atoms with Gasteiger partial charge in [-0.1, -0.05) is 136 Å². The third-order valence-corrected chi connectivity index (χ3v) is 7.56. The summed E-state index contributed by atoms with van der Waals surface area (Å²) in [6.07, 6.45) is 19.5. The van der Waals surface area contributed by atoms with E-state index in [2.05, 4.69) is 58.1 Å². The Morgan fingerprint density at radius 2 is 1.15 bits per heavy atom. The van der Waals surface area contributed by atoms with E-state index in [4.69, 9.17) is 0 Å². The Bertz CT molecular complexity index is 599. The van der Waals surface area contributed by atoms with Crippen LogP contribution in [0.1, 0.15) is 147 Å². The van der Waals surface area contributed by atoms with E-state index in [0.29, 0.717) is 17.6 Å². The molecule has 0 aliphatic carbocycles. The van der Waals surface area contributed by atoms with Crippen molar-refractivity contribution in [3.05, 3.63) is 29.3 Å². The molecule has 0 unspecified atom stereocenters. The minimum Gasteiger partial charge on any atom is -0.325 e. The van der Waals surface area contributed by atoms with Crippen LogP contribution < -0.4 is 5.32 Å². The van der Waals surface area contributed by atoms with Crippen molar-refractivity contribution in [1.82, 2.24) is 0 Å². The first-order valence-corrected chi connectivity index (χ1v) is 15.1. The summed E-state index contributed by atoms with van der Waals surface area (Å²) in [5, 5.41) is 3.23. The van der Waals surface area contributed by atoms with E-state index in [0.717, 1.165) is 11.4 Å². The number of rotatable bonds is 20. The lowest BCUT2D eigenvalue weighted by atomic mass is 9.92. The molecule has 0 radical (unpaired) electrons. The van der Waals surface area contributed by atoms with E-state index < -0.39 is 0 Å². The van der Waals surface area contributed by atoms with Crippen LogP contribution in [-0.2, 0) is 4.79 Å². The van der Waals surface area contributed by atoms with Crippen molar-refractivity contribution in [2.75, 3.05) is 16.8 Å². The van der Waals surface area contributed by atoms with Gasteiger partial charge in [0, 0.05) is 5.69 Å². The second-order valence-electron chi connectivity index (χ2n) is 10.3. The highest BCUT2D eigenvalue weighted by Gasteiger charge is 2.15. The van der Waals surface area contributed by atoms with Gasteiger partial charge in [0.25, 0.3) is 0 Å². The molecular weight excluding hydrogens is 422 g/mol. The minimum atomic E-state index is 0.139. The molecule has 0 aliphatic rings. The van der Waals surface area contributed by atoms with E-state index in [-0.39, 0.29) is 5.91 Å². The normalized spacial score (nSPS) is 11.5. The van der Waals surface area contributed by atoms with Crippen LogP contribution in [0, 0.1) is 0 Å². The predicted molar refractivity (Wildman–Crippen MR) is 151 cm³/mol. The van der Waals surface area contributed by atoms with Crippen LogP contribution in [0.25, 0.3) is 0 Å². The van der Waals surface area contributed by atoms with Crippen molar-refractivity contribution >= 4 is 23.4 Å². The number of amides is 1. The van der Waals surface area contributed by atoms with Crippen LogP contribution in [-0.4, -0.2) is 17.4 Å². The molecule has 0 fully saturated rings. The van der Waals surface area contributed by atoms with Gasteiger partial charge in [0.2, 0.25) is 5.91 Å². The molecule has 2 nitrogen and oxygen atoms in total. The zero-order valence-electron chi connectivity index (χ0n) is 22.5. The molecule has 0 atom stereocenters. The standard InChI is InChI=1S/C30H53NOS/c1-6-7-8-9-10-11-12-13-14-15-16-17-18-19-23-33-24-29(32)31-30-27(25(2)3)21-20-22-28(30)26(4)5/h20-22,25-26H,6-19,23-24H2,1-5H3,(H,31,32). The summed E-state index contributed by atoms with van der Waals surface area (Å²) in [6.45, 7) is 11.1. The number of hydrogen-bond donors (Lipinski definition) is 1. The van der Waals surface area contributed by atoms with Gasteiger partial charge < -0.3 is 5.32 Å². The molecule has 0 heterocycles. The van der Waals surface area contributed by atoms with Crippen molar-refractivity contribution in [2.45, 2.75) is 136 Å². The predicted octanol–water partition coefficient (Wildman–Crippen LogP) is 10.1. The van der Waals surface area contributed by atoms with Crippen LogP contribution in [0.2, 0.25) is 0 Å². The number of thioether (sulfide) groups is 1. The van der Waals surface area contributed by atoms with Gasteiger partial charge in [0.1, 0.15) is 0 Å². The third-order valence-electron chi connectivity index (χ3n) is 6.51. The summed E-state index contributed by atoms with van der Waals surface area (Å²) in [5.41, 5.74) is 3.53. The fourth-order valence-electron chi connectivity index (χ4n) is 4.43. The third kappa shape index (κ3) is 14.1.